The molecule has 0 radical (unpaired) electrons. The van der Waals surface area contributed by atoms with Crippen LogP contribution in [0, 0.1) is 0 Å². The number of benzene rings is 2. The normalized spacial score (nSPS) is 11.0. The molecule has 0 saturated carbocycles. The zero-order valence-electron chi connectivity index (χ0n) is 15.6. The number of carbonyl (C=O) groups excluding carboxylic acids is 2. The van der Waals surface area contributed by atoms with Crippen molar-refractivity contribution in [1.29, 1.82) is 0 Å². The number of carbonyl (C=O) groups is 2. The third-order valence-electron chi connectivity index (χ3n) is 4.09. The molecule has 2 N–H and O–H groups in total. The van der Waals surface area contributed by atoms with Gasteiger partial charge in [-0.1, -0.05) is 12.1 Å². The molecule has 8 heteroatoms. The predicted octanol–water partition coefficient (Wildman–Crippen LogP) is 4.24. The Morgan fingerprint density at radius 2 is 1.61 bits per heavy atom. The molecule has 5 nitrogen and oxygen atoms in total. The van der Waals surface area contributed by atoms with Gasteiger partial charge in [0.2, 0.25) is 5.91 Å². The Hall–Kier alpha value is -3.03. The van der Waals surface area contributed by atoms with E-state index >= 15 is 0 Å². The van der Waals surface area contributed by atoms with Gasteiger partial charge in [-0.25, -0.2) is 0 Å². The highest BCUT2D eigenvalue weighted by Crippen LogP contribution is 2.30. The van der Waals surface area contributed by atoms with Gasteiger partial charge in [0.1, 0.15) is 0 Å². The first-order valence-corrected chi connectivity index (χ1v) is 8.85. The van der Waals surface area contributed by atoms with Crippen LogP contribution in [0.15, 0.2) is 48.5 Å². The highest BCUT2D eigenvalue weighted by Gasteiger charge is 2.30. The Morgan fingerprint density at radius 3 is 2.25 bits per heavy atom. The van der Waals surface area contributed by atoms with E-state index in [1.165, 1.54) is 12.1 Å². The van der Waals surface area contributed by atoms with Gasteiger partial charge in [0.05, 0.1) is 12.1 Å². The minimum atomic E-state index is -4.48. The van der Waals surface area contributed by atoms with Gasteiger partial charge in [0.25, 0.3) is 5.91 Å². The van der Waals surface area contributed by atoms with Crippen LogP contribution in [0.25, 0.3) is 0 Å². The summed E-state index contributed by atoms with van der Waals surface area (Å²) in [4.78, 5) is 26.1. The second-order valence-electron chi connectivity index (χ2n) is 6.04. The molecule has 0 unspecified atom stereocenters. The predicted molar refractivity (Wildman–Crippen MR) is 102 cm³/mol. The molecule has 2 aromatic rings. The van der Waals surface area contributed by atoms with Crippen LogP contribution >= 0.6 is 0 Å². The van der Waals surface area contributed by atoms with Crippen LogP contribution in [0.4, 0.5) is 24.5 Å². The maximum atomic E-state index is 12.7. The van der Waals surface area contributed by atoms with Crippen molar-refractivity contribution in [3.63, 3.8) is 0 Å². The van der Waals surface area contributed by atoms with Crippen molar-refractivity contribution < 1.29 is 22.8 Å². The first-order valence-electron chi connectivity index (χ1n) is 8.85. The highest BCUT2D eigenvalue weighted by molar-refractivity contribution is 5.96. The molecule has 0 aromatic heterocycles. The van der Waals surface area contributed by atoms with E-state index in [4.69, 9.17) is 0 Å². The van der Waals surface area contributed by atoms with Crippen LogP contribution in [-0.2, 0) is 11.0 Å². The first-order chi connectivity index (χ1) is 13.2. The number of nitrogens with one attached hydrogen (secondary N) is 2. The van der Waals surface area contributed by atoms with Crippen LogP contribution < -0.4 is 10.6 Å². The van der Waals surface area contributed by atoms with Gasteiger partial charge >= 0.3 is 6.18 Å². The van der Waals surface area contributed by atoms with Crippen LogP contribution in [0.5, 0.6) is 0 Å². The lowest BCUT2D eigenvalue weighted by atomic mass is 10.1. The van der Waals surface area contributed by atoms with Crippen molar-refractivity contribution in [3.05, 3.63) is 59.7 Å². The lowest BCUT2D eigenvalue weighted by Crippen LogP contribution is -2.30. The first kappa shape index (κ1) is 21.3. The summed E-state index contributed by atoms with van der Waals surface area (Å²) in [7, 11) is 0. The molecule has 0 aliphatic carbocycles. The van der Waals surface area contributed by atoms with Gasteiger partial charge in [0, 0.05) is 30.0 Å². The molecule has 0 fully saturated rings. The minimum absolute atomic E-state index is 0.0621. The molecular weight excluding hydrogens is 371 g/mol. The monoisotopic (exact) mass is 393 g/mol. The molecule has 0 spiro atoms. The van der Waals surface area contributed by atoms with E-state index in [9.17, 15) is 22.8 Å². The quantitative estimate of drug-likeness (QED) is 0.740. The van der Waals surface area contributed by atoms with Crippen LogP contribution in [-0.4, -0.2) is 36.3 Å². The molecule has 2 rings (SSSR count). The van der Waals surface area contributed by atoms with Crippen molar-refractivity contribution >= 4 is 23.2 Å². The van der Waals surface area contributed by atoms with Gasteiger partial charge in [-0.15, -0.1) is 0 Å². The van der Waals surface area contributed by atoms with Crippen molar-refractivity contribution in [2.75, 3.05) is 30.3 Å². The second kappa shape index (κ2) is 9.25. The summed E-state index contributed by atoms with van der Waals surface area (Å²) in [5.74, 6) is -0.609. The number of anilines is 2. The fourth-order valence-corrected chi connectivity index (χ4v) is 2.62. The number of hydrogen-bond acceptors (Lipinski definition) is 3. The van der Waals surface area contributed by atoms with Gasteiger partial charge in [-0.2, -0.15) is 13.2 Å². The number of alkyl halides is 3. The van der Waals surface area contributed by atoms with Crippen LogP contribution in [0.3, 0.4) is 0 Å². The van der Waals surface area contributed by atoms with E-state index in [2.05, 4.69) is 10.6 Å². The van der Waals surface area contributed by atoms with Gasteiger partial charge in [-0.05, 0) is 50.2 Å². The highest BCUT2D eigenvalue weighted by atomic mass is 19.4. The average molecular weight is 393 g/mol. The number of hydrogen-bond donors (Lipinski definition) is 2. The molecular formula is C20H22F3N3O2. The molecule has 2 amide bonds. The van der Waals surface area contributed by atoms with Gasteiger partial charge in [-0.3, -0.25) is 9.59 Å². The van der Waals surface area contributed by atoms with E-state index in [0.717, 1.165) is 12.1 Å². The van der Waals surface area contributed by atoms with E-state index in [-0.39, 0.29) is 18.1 Å². The SMILES string of the molecule is CCN(CC)C(=O)c1cccc(NCC(=O)Nc2cccc(C(F)(F)F)c2)c1. The fraction of sp³-hybridized carbons (Fsp3) is 0.300. The molecule has 0 saturated heterocycles. The summed E-state index contributed by atoms with van der Waals surface area (Å²) in [5.41, 5.74) is 0.289. The minimum Gasteiger partial charge on any atom is -0.376 e. The Bertz CT molecular complexity index is 833. The summed E-state index contributed by atoms with van der Waals surface area (Å²) in [5, 5.41) is 5.30. The summed E-state index contributed by atoms with van der Waals surface area (Å²) >= 11 is 0. The Balaban J connectivity index is 1.98. The zero-order valence-corrected chi connectivity index (χ0v) is 15.6. The smallest absolute Gasteiger partial charge is 0.376 e. The number of nitrogens with zero attached hydrogens (tertiary/aromatic N) is 1. The maximum Gasteiger partial charge on any atom is 0.416 e. The van der Waals surface area contributed by atoms with Crippen molar-refractivity contribution in [3.8, 4) is 0 Å². The Labute approximate surface area is 161 Å². The fourth-order valence-electron chi connectivity index (χ4n) is 2.62. The molecule has 0 aliphatic rings. The molecule has 0 heterocycles. The van der Waals surface area contributed by atoms with Crippen molar-refractivity contribution in [1.82, 2.24) is 4.90 Å². The largest absolute Gasteiger partial charge is 0.416 e. The van der Waals surface area contributed by atoms with E-state index < -0.39 is 17.6 Å². The summed E-state index contributed by atoms with van der Waals surface area (Å²) in [6.07, 6.45) is -4.48. The molecule has 0 aliphatic heterocycles. The molecule has 150 valence electrons. The average Bonchev–Trinajstić information content (AvgIpc) is 2.67. The summed E-state index contributed by atoms with van der Waals surface area (Å²) in [6, 6.07) is 11.2. The zero-order chi connectivity index (χ0) is 20.7. The molecule has 0 bridgehead atoms. The van der Waals surface area contributed by atoms with Gasteiger partial charge in [0.15, 0.2) is 0 Å². The standard InChI is InChI=1S/C20H22F3N3O2/c1-3-26(4-2)19(28)14-7-5-9-16(11-14)24-13-18(27)25-17-10-6-8-15(12-17)20(21,22)23/h5-12,24H,3-4,13H2,1-2H3,(H,25,27). The Morgan fingerprint density at radius 1 is 0.964 bits per heavy atom. The molecule has 2 aromatic carbocycles. The van der Waals surface area contributed by atoms with E-state index in [1.807, 2.05) is 13.8 Å². The van der Waals surface area contributed by atoms with Crippen molar-refractivity contribution in [2.45, 2.75) is 20.0 Å². The maximum absolute atomic E-state index is 12.7. The van der Waals surface area contributed by atoms with E-state index in [0.29, 0.717) is 24.3 Å². The summed E-state index contributed by atoms with van der Waals surface area (Å²) < 4.78 is 38.2. The lowest BCUT2D eigenvalue weighted by Gasteiger charge is -2.19. The number of halogens is 3. The van der Waals surface area contributed by atoms with E-state index in [1.54, 1.807) is 29.2 Å². The third kappa shape index (κ3) is 5.73. The van der Waals surface area contributed by atoms with Crippen LogP contribution in [0.2, 0.25) is 0 Å². The lowest BCUT2D eigenvalue weighted by molar-refractivity contribution is -0.137. The molecule has 28 heavy (non-hydrogen) atoms. The molecule has 0 atom stereocenters. The van der Waals surface area contributed by atoms with Gasteiger partial charge < -0.3 is 15.5 Å². The summed E-state index contributed by atoms with van der Waals surface area (Å²) in [6.45, 7) is 4.81. The second-order valence-corrected chi connectivity index (χ2v) is 6.04. The Kier molecular flexibility index (Phi) is 7.03. The van der Waals surface area contributed by atoms with Crippen molar-refractivity contribution in [2.24, 2.45) is 0 Å². The number of amides is 2. The van der Waals surface area contributed by atoms with Crippen LogP contribution in [0.1, 0.15) is 29.8 Å². The topological polar surface area (TPSA) is 61.4 Å². The third-order valence-corrected chi connectivity index (χ3v) is 4.09. The number of rotatable bonds is 7.